The lowest BCUT2D eigenvalue weighted by molar-refractivity contribution is -0.387. The van der Waals surface area contributed by atoms with Crippen LogP contribution < -0.4 is 5.32 Å². The average molecular weight is 294 g/mol. The Morgan fingerprint density at radius 2 is 1.95 bits per heavy atom. The van der Waals surface area contributed by atoms with Gasteiger partial charge in [-0.25, -0.2) is 4.39 Å². The highest BCUT2D eigenvalue weighted by atomic mass is 19.1. The van der Waals surface area contributed by atoms with E-state index in [1.165, 1.54) is 6.07 Å². The molecule has 0 amide bonds. The molecule has 0 bridgehead atoms. The van der Waals surface area contributed by atoms with E-state index in [-0.39, 0.29) is 18.0 Å². The van der Waals surface area contributed by atoms with E-state index in [0.717, 1.165) is 11.6 Å². The molecule has 0 atom stereocenters. The predicted molar refractivity (Wildman–Crippen MR) is 73.2 cm³/mol. The van der Waals surface area contributed by atoms with E-state index in [2.05, 4.69) is 5.32 Å². The van der Waals surface area contributed by atoms with Gasteiger partial charge in [0.25, 0.3) is 0 Å². The molecule has 21 heavy (non-hydrogen) atoms. The van der Waals surface area contributed by atoms with Gasteiger partial charge < -0.3 is 10.4 Å². The number of halogens is 2. The number of hydrogen-bond acceptors (Lipinski definition) is 4. The van der Waals surface area contributed by atoms with E-state index >= 15 is 0 Å². The molecule has 0 spiro atoms. The largest absolute Gasteiger partial charge is 0.508 e. The fourth-order valence-electron chi connectivity index (χ4n) is 1.86. The van der Waals surface area contributed by atoms with Gasteiger partial charge in [-0.05, 0) is 13.0 Å². The lowest BCUT2D eigenvalue weighted by atomic mass is 10.1. The van der Waals surface area contributed by atoms with Gasteiger partial charge in [-0.3, -0.25) is 10.1 Å². The Labute approximate surface area is 119 Å². The third-order valence-electron chi connectivity index (χ3n) is 2.94. The van der Waals surface area contributed by atoms with E-state index < -0.39 is 22.2 Å². The first kappa shape index (κ1) is 14.7. The molecule has 2 N–H and O–H groups in total. The van der Waals surface area contributed by atoms with Crippen LogP contribution in [0.15, 0.2) is 30.3 Å². The topological polar surface area (TPSA) is 75.4 Å². The summed E-state index contributed by atoms with van der Waals surface area (Å²) in [5, 5.41) is 22.9. The molecule has 0 aliphatic carbocycles. The summed E-state index contributed by atoms with van der Waals surface area (Å²) in [6.45, 7) is 1.87. The van der Waals surface area contributed by atoms with Crippen molar-refractivity contribution in [1.29, 1.82) is 0 Å². The lowest BCUT2D eigenvalue weighted by Crippen LogP contribution is -2.04. The normalized spacial score (nSPS) is 10.4. The molecular weight excluding hydrogens is 282 g/mol. The molecule has 0 aromatic heterocycles. The van der Waals surface area contributed by atoms with Crippen LogP contribution in [0.1, 0.15) is 11.1 Å². The first-order valence-electron chi connectivity index (χ1n) is 6.04. The van der Waals surface area contributed by atoms with Gasteiger partial charge in [0.2, 0.25) is 5.82 Å². The van der Waals surface area contributed by atoms with Crippen LogP contribution in [0.4, 0.5) is 20.2 Å². The van der Waals surface area contributed by atoms with Crippen LogP contribution in [0.25, 0.3) is 0 Å². The number of nitrogens with one attached hydrogen (secondary N) is 1. The Hall–Kier alpha value is -2.70. The van der Waals surface area contributed by atoms with Crippen molar-refractivity contribution in [1.82, 2.24) is 0 Å². The van der Waals surface area contributed by atoms with Crippen LogP contribution in [0.2, 0.25) is 0 Å². The summed E-state index contributed by atoms with van der Waals surface area (Å²) < 4.78 is 26.8. The standard InChI is InChI=1S/C14H12F2N2O3/c1-8-2-3-14(19)9(4-8)7-17-12-6-13(18(20)21)11(16)5-10(12)15/h2-6,17,19H,7H2,1H3. The Morgan fingerprint density at radius 1 is 1.24 bits per heavy atom. The third kappa shape index (κ3) is 3.25. The van der Waals surface area contributed by atoms with Crippen LogP contribution in [-0.2, 0) is 6.54 Å². The van der Waals surface area contributed by atoms with Crippen molar-refractivity contribution in [2.45, 2.75) is 13.5 Å². The maximum absolute atomic E-state index is 13.6. The Balaban J connectivity index is 2.25. The van der Waals surface area contributed by atoms with Gasteiger partial charge in [0.1, 0.15) is 11.6 Å². The molecule has 0 radical (unpaired) electrons. The maximum atomic E-state index is 13.6. The first-order valence-corrected chi connectivity index (χ1v) is 6.04. The maximum Gasteiger partial charge on any atom is 0.307 e. The molecule has 0 saturated heterocycles. The number of anilines is 1. The molecule has 110 valence electrons. The number of aryl methyl sites for hydroxylation is 1. The van der Waals surface area contributed by atoms with Crippen LogP contribution in [-0.4, -0.2) is 10.0 Å². The zero-order valence-electron chi connectivity index (χ0n) is 11.1. The fraction of sp³-hybridized carbons (Fsp3) is 0.143. The van der Waals surface area contributed by atoms with Gasteiger partial charge in [-0.15, -0.1) is 0 Å². The number of nitrogens with zero attached hydrogens (tertiary/aromatic N) is 1. The van der Waals surface area contributed by atoms with E-state index in [4.69, 9.17) is 0 Å². The molecule has 2 rings (SSSR count). The average Bonchev–Trinajstić information content (AvgIpc) is 2.41. The van der Waals surface area contributed by atoms with Gasteiger partial charge in [0.15, 0.2) is 0 Å². The van der Waals surface area contributed by atoms with E-state index in [9.17, 15) is 24.0 Å². The van der Waals surface area contributed by atoms with Gasteiger partial charge >= 0.3 is 5.69 Å². The number of aromatic hydroxyl groups is 1. The fourth-order valence-corrected chi connectivity index (χ4v) is 1.86. The molecule has 0 aliphatic rings. The minimum absolute atomic E-state index is 0.0186. The van der Waals surface area contributed by atoms with Crippen molar-refractivity contribution >= 4 is 11.4 Å². The molecule has 7 heteroatoms. The highest BCUT2D eigenvalue weighted by Crippen LogP contribution is 2.26. The summed E-state index contributed by atoms with van der Waals surface area (Å²) in [6, 6.07) is 6.14. The monoisotopic (exact) mass is 294 g/mol. The van der Waals surface area contributed by atoms with E-state index in [1.807, 2.05) is 6.92 Å². The number of nitro benzene ring substituents is 1. The summed E-state index contributed by atoms with van der Waals surface area (Å²) in [5.41, 5.74) is 0.382. The molecule has 2 aromatic rings. The second-order valence-electron chi connectivity index (χ2n) is 4.53. The van der Waals surface area contributed by atoms with E-state index in [0.29, 0.717) is 11.6 Å². The summed E-state index contributed by atoms with van der Waals surface area (Å²) >= 11 is 0. The molecule has 5 nitrogen and oxygen atoms in total. The molecule has 0 fully saturated rings. The Kier molecular flexibility index (Phi) is 4.02. The van der Waals surface area contributed by atoms with Gasteiger partial charge in [-0.2, -0.15) is 4.39 Å². The second kappa shape index (κ2) is 5.74. The number of phenols is 1. The summed E-state index contributed by atoms with van der Waals surface area (Å²) in [4.78, 5) is 9.71. The Morgan fingerprint density at radius 3 is 2.62 bits per heavy atom. The minimum Gasteiger partial charge on any atom is -0.508 e. The molecule has 0 unspecified atom stereocenters. The van der Waals surface area contributed by atoms with Crippen LogP contribution in [0, 0.1) is 28.7 Å². The molecule has 0 heterocycles. The van der Waals surface area contributed by atoms with Gasteiger partial charge in [0, 0.05) is 24.2 Å². The van der Waals surface area contributed by atoms with Crippen LogP contribution in [0.3, 0.4) is 0 Å². The zero-order valence-corrected chi connectivity index (χ0v) is 11.1. The number of phenolic OH excluding ortho intramolecular Hbond substituents is 1. The van der Waals surface area contributed by atoms with Gasteiger partial charge in [-0.1, -0.05) is 17.7 Å². The lowest BCUT2D eigenvalue weighted by Gasteiger charge is -2.10. The zero-order chi connectivity index (χ0) is 15.6. The van der Waals surface area contributed by atoms with Crippen molar-refractivity contribution in [3.05, 3.63) is 63.2 Å². The summed E-state index contributed by atoms with van der Waals surface area (Å²) in [7, 11) is 0. The number of hydrogen-bond donors (Lipinski definition) is 2. The van der Waals surface area contributed by atoms with Crippen LogP contribution >= 0.6 is 0 Å². The SMILES string of the molecule is Cc1ccc(O)c(CNc2cc([N+](=O)[O-])c(F)cc2F)c1. The Bertz CT molecular complexity index is 705. The van der Waals surface area contributed by atoms with Crippen molar-refractivity contribution in [2.24, 2.45) is 0 Å². The van der Waals surface area contributed by atoms with Crippen molar-refractivity contribution < 1.29 is 18.8 Å². The predicted octanol–water partition coefficient (Wildman–Crippen LogP) is 3.50. The minimum atomic E-state index is -1.23. The quantitative estimate of drug-likeness (QED) is 0.668. The number of rotatable bonds is 4. The third-order valence-corrected chi connectivity index (χ3v) is 2.94. The molecule has 2 aromatic carbocycles. The smallest absolute Gasteiger partial charge is 0.307 e. The van der Waals surface area contributed by atoms with Gasteiger partial charge in [0.05, 0.1) is 10.6 Å². The van der Waals surface area contributed by atoms with E-state index in [1.54, 1.807) is 12.1 Å². The van der Waals surface area contributed by atoms with Crippen molar-refractivity contribution in [3.8, 4) is 5.75 Å². The highest BCUT2D eigenvalue weighted by Gasteiger charge is 2.18. The molecular formula is C14H12F2N2O3. The van der Waals surface area contributed by atoms with Crippen molar-refractivity contribution in [3.63, 3.8) is 0 Å². The first-order chi connectivity index (χ1) is 9.88. The van der Waals surface area contributed by atoms with Crippen molar-refractivity contribution in [2.75, 3.05) is 5.32 Å². The number of benzene rings is 2. The molecule has 0 aliphatic heterocycles. The second-order valence-corrected chi connectivity index (χ2v) is 4.53. The summed E-state index contributed by atoms with van der Waals surface area (Å²) in [5.74, 6) is -2.16. The highest BCUT2D eigenvalue weighted by molar-refractivity contribution is 5.54. The molecule has 0 saturated carbocycles. The van der Waals surface area contributed by atoms with Crippen LogP contribution in [0.5, 0.6) is 5.75 Å². The summed E-state index contributed by atoms with van der Waals surface area (Å²) in [6.07, 6.45) is 0. The number of nitro groups is 1.